The van der Waals surface area contributed by atoms with Crippen LogP contribution in [0.1, 0.15) is 22.4 Å². The van der Waals surface area contributed by atoms with Crippen molar-refractivity contribution in [1.29, 1.82) is 0 Å². The van der Waals surface area contributed by atoms with Crippen molar-refractivity contribution in [3.8, 4) is 11.1 Å². The zero-order chi connectivity index (χ0) is 19.9. The monoisotopic (exact) mass is 382 g/mol. The van der Waals surface area contributed by atoms with Crippen molar-refractivity contribution in [1.82, 2.24) is 9.78 Å². The van der Waals surface area contributed by atoms with Crippen LogP contribution < -0.4 is 0 Å². The molecule has 0 bridgehead atoms. The van der Waals surface area contributed by atoms with Gasteiger partial charge in [-0.25, -0.2) is 0 Å². The minimum absolute atomic E-state index is 0.535. The van der Waals surface area contributed by atoms with E-state index in [-0.39, 0.29) is 0 Å². The Kier molecular flexibility index (Phi) is 6.18. The van der Waals surface area contributed by atoms with Crippen LogP contribution in [0.4, 0.5) is 0 Å². The maximum Gasteiger partial charge on any atom is 0.0895 e. The molecule has 0 aliphatic heterocycles. The molecular formula is C26H26N2O. The minimum Gasteiger partial charge on any atom is -0.370 e. The van der Waals surface area contributed by atoms with Gasteiger partial charge >= 0.3 is 0 Å². The molecule has 0 unspecified atom stereocenters. The highest BCUT2D eigenvalue weighted by atomic mass is 16.5. The van der Waals surface area contributed by atoms with Crippen molar-refractivity contribution < 1.29 is 4.74 Å². The lowest BCUT2D eigenvalue weighted by molar-refractivity contribution is 0.101. The molecule has 4 aromatic rings. The molecule has 1 heterocycles. The number of benzene rings is 3. The predicted molar refractivity (Wildman–Crippen MR) is 117 cm³/mol. The average Bonchev–Trinajstić information content (AvgIpc) is 3.17. The maximum absolute atomic E-state index is 6.08. The van der Waals surface area contributed by atoms with Crippen molar-refractivity contribution >= 4 is 0 Å². The lowest BCUT2D eigenvalue weighted by Gasteiger charge is -2.11. The van der Waals surface area contributed by atoms with Gasteiger partial charge in [0.1, 0.15) is 0 Å². The van der Waals surface area contributed by atoms with E-state index in [0.717, 1.165) is 24.2 Å². The first kappa shape index (κ1) is 19.2. The molecule has 0 fully saturated rings. The van der Waals surface area contributed by atoms with E-state index >= 15 is 0 Å². The average molecular weight is 383 g/mol. The van der Waals surface area contributed by atoms with Gasteiger partial charge < -0.3 is 4.74 Å². The molecule has 0 saturated heterocycles. The van der Waals surface area contributed by atoms with Crippen LogP contribution in [0.5, 0.6) is 0 Å². The second-order valence-electron chi connectivity index (χ2n) is 7.31. The van der Waals surface area contributed by atoms with E-state index in [9.17, 15) is 0 Å². The summed E-state index contributed by atoms with van der Waals surface area (Å²) in [6.45, 7) is 4.07. The van der Waals surface area contributed by atoms with Gasteiger partial charge in [0, 0.05) is 12.1 Å². The highest BCUT2D eigenvalue weighted by molar-refractivity contribution is 5.65. The zero-order valence-electron chi connectivity index (χ0n) is 16.8. The fraction of sp³-hybridized carbons (Fsp3) is 0.192. The van der Waals surface area contributed by atoms with Gasteiger partial charge in [0.15, 0.2) is 0 Å². The summed E-state index contributed by atoms with van der Waals surface area (Å²) in [6, 6.07) is 29.4. The maximum atomic E-state index is 6.08. The van der Waals surface area contributed by atoms with Gasteiger partial charge in [-0.3, -0.25) is 4.68 Å². The summed E-state index contributed by atoms with van der Waals surface area (Å²) in [6.07, 6.45) is 2.92. The summed E-state index contributed by atoms with van der Waals surface area (Å²) in [5, 5.41) is 4.69. The quantitative estimate of drug-likeness (QED) is 0.384. The van der Waals surface area contributed by atoms with E-state index in [1.54, 1.807) is 0 Å². The SMILES string of the molecule is Cc1ccc(-c2cnn(CCc3ccccc3)c2COCc2ccccc2)cc1. The third kappa shape index (κ3) is 5.01. The van der Waals surface area contributed by atoms with Crippen LogP contribution in [-0.2, 0) is 30.9 Å². The lowest BCUT2D eigenvalue weighted by atomic mass is 10.0. The normalized spacial score (nSPS) is 10.9. The summed E-state index contributed by atoms with van der Waals surface area (Å²) in [7, 11) is 0. The largest absolute Gasteiger partial charge is 0.370 e. The molecule has 3 heteroatoms. The van der Waals surface area contributed by atoms with Crippen molar-refractivity contribution in [2.24, 2.45) is 0 Å². The van der Waals surface area contributed by atoms with Crippen molar-refractivity contribution in [2.45, 2.75) is 33.1 Å². The molecule has 3 nitrogen and oxygen atoms in total. The number of rotatable bonds is 8. The zero-order valence-corrected chi connectivity index (χ0v) is 16.8. The molecule has 3 aromatic carbocycles. The lowest BCUT2D eigenvalue weighted by Crippen LogP contribution is -2.09. The molecule has 4 rings (SSSR count). The van der Waals surface area contributed by atoms with Gasteiger partial charge in [0.2, 0.25) is 0 Å². The van der Waals surface area contributed by atoms with E-state index in [0.29, 0.717) is 13.2 Å². The first-order valence-corrected chi connectivity index (χ1v) is 10.1. The second kappa shape index (κ2) is 9.35. The summed E-state index contributed by atoms with van der Waals surface area (Å²) < 4.78 is 8.17. The molecule has 0 aliphatic carbocycles. The number of aryl methyl sites for hydroxylation is 3. The molecule has 0 radical (unpaired) electrons. The van der Waals surface area contributed by atoms with Gasteiger partial charge in [0.05, 0.1) is 25.1 Å². The smallest absolute Gasteiger partial charge is 0.0895 e. The Morgan fingerprint density at radius 1 is 0.759 bits per heavy atom. The first-order valence-electron chi connectivity index (χ1n) is 10.1. The number of nitrogens with zero attached hydrogens (tertiary/aromatic N) is 2. The predicted octanol–water partition coefficient (Wildman–Crippen LogP) is 5.82. The van der Waals surface area contributed by atoms with Crippen LogP contribution in [-0.4, -0.2) is 9.78 Å². The molecule has 1 aromatic heterocycles. The van der Waals surface area contributed by atoms with Crippen LogP contribution in [0.15, 0.2) is 91.1 Å². The van der Waals surface area contributed by atoms with Gasteiger partial charge in [-0.1, -0.05) is 90.5 Å². The van der Waals surface area contributed by atoms with Gasteiger partial charge in [0.25, 0.3) is 0 Å². The third-order valence-electron chi connectivity index (χ3n) is 5.12. The topological polar surface area (TPSA) is 27.1 Å². The minimum atomic E-state index is 0.535. The van der Waals surface area contributed by atoms with E-state index < -0.39 is 0 Å². The Morgan fingerprint density at radius 3 is 2.10 bits per heavy atom. The van der Waals surface area contributed by atoms with Crippen molar-refractivity contribution in [2.75, 3.05) is 0 Å². The van der Waals surface area contributed by atoms with Gasteiger partial charge in [-0.15, -0.1) is 0 Å². The Labute approximate surface area is 172 Å². The summed E-state index contributed by atoms with van der Waals surface area (Å²) in [5.74, 6) is 0. The molecular weight excluding hydrogens is 356 g/mol. The Bertz CT molecular complexity index is 1020. The van der Waals surface area contributed by atoms with Crippen molar-refractivity contribution in [3.05, 3.63) is 114 Å². The van der Waals surface area contributed by atoms with E-state index in [4.69, 9.17) is 9.84 Å². The molecule has 29 heavy (non-hydrogen) atoms. The summed E-state index contributed by atoms with van der Waals surface area (Å²) in [4.78, 5) is 0. The van der Waals surface area contributed by atoms with Crippen molar-refractivity contribution in [3.63, 3.8) is 0 Å². The van der Waals surface area contributed by atoms with Crippen LogP contribution in [0.3, 0.4) is 0 Å². The Balaban J connectivity index is 1.54. The molecule has 0 spiro atoms. The molecule has 146 valence electrons. The molecule has 0 amide bonds. The fourth-order valence-electron chi connectivity index (χ4n) is 3.45. The summed E-state index contributed by atoms with van der Waals surface area (Å²) in [5.41, 5.74) is 7.20. The number of aromatic nitrogens is 2. The standard InChI is InChI=1S/C26H26N2O/c1-21-12-14-24(15-13-21)25-18-27-28(17-16-22-8-4-2-5-9-22)26(25)20-29-19-23-10-6-3-7-11-23/h2-15,18H,16-17,19-20H2,1H3. The Hall–Kier alpha value is -3.17. The first-order chi connectivity index (χ1) is 14.3. The Morgan fingerprint density at radius 2 is 1.41 bits per heavy atom. The highest BCUT2D eigenvalue weighted by Gasteiger charge is 2.13. The number of ether oxygens (including phenoxy) is 1. The number of hydrogen-bond acceptors (Lipinski definition) is 2. The molecule has 0 atom stereocenters. The molecule has 0 N–H and O–H groups in total. The third-order valence-corrected chi connectivity index (χ3v) is 5.12. The van der Waals surface area contributed by atoms with Gasteiger partial charge in [-0.05, 0) is 30.0 Å². The van der Waals surface area contributed by atoms with E-state index in [2.05, 4.69) is 78.3 Å². The van der Waals surface area contributed by atoms with Crippen LogP contribution in [0.2, 0.25) is 0 Å². The van der Waals surface area contributed by atoms with Gasteiger partial charge in [-0.2, -0.15) is 5.10 Å². The van der Waals surface area contributed by atoms with E-state index in [1.165, 1.54) is 22.3 Å². The van der Waals surface area contributed by atoms with Crippen LogP contribution in [0.25, 0.3) is 11.1 Å². The van der Waals surface area contributed by atoms with E-state index in [1.807, 2.05) is 24.4 Å². The van der Waals surface area contributed by atoms with Crippen LogP contribution in [0, 0.1) is 6.92 Å². The number of hydrogen-bond donors (Lipinski definition) is 0. The summed E-state index contributed by atoms with van der Waals surface area (Å²) >= 11 is 0. The molecule has 0 saturated carbocycles. The second-order valence-corrected chi connectivity index (χ2v) is 7.31. The highest BCUT2D eigenvalue weighted by Crippen LogP contribution is 2.25. The fourth-order valence-corrected chi connectivity index (χ4v) is 3.45. The van der Waals surface area contributed by atoms with Crippen LogP contribution >= 0.6 is 0 Å². The molecule has 0 aliphatic rings.